The van der Waals surface area contributed by atoms with Crippen LogP contribution < -0.4 is 11.1 Å². The van der Waals surface area contributed by atoms with Gasteiger partial charge < -0.3 is 11.1 Å². The van der Waals surface area contributed by atoms with Crippen LogP contribution in [0.5, 0.6) is 0 Å². The second kappa shape index (κ2) is 5.94. The van der Waals surface area contributed by atoms with Gasteiger partial charge in [-0.3, -0.25) is 0 Å². The highest BCUT2D eigenvalue weighted by Gasteiger charge is 2.33. The Balaban J connectivity index is 2.10. The highest BCUT2D eigenvalue weighted by Crippen LogP contribution is 2.36. The lowest BCUT2D eigenvalue weighted by molar-refractivity contribution is -0.136. The number of nitrogen functional groups attached to an aromatic ring is 1. The van der Waals surface area contributed by atoms with Crippen molar-refractivity contribution in [3.8, 4) is 0 Å². The molecule has 0 heterocycles. The van der Waals surface area contributed by atoms with Gasteiger partial charge in [0.2, 0.25) is 0 Å². The van der Waals surface area contributed by atoms with Crippen LogP contribution in [0.4, 0.5) is 24.5 Å². The van der Waals surface area contributed by atoms with Crippen molar-refractivity contribution in [3.05, 3.63) is 23.8 Å². The largest absolute Gasteiger partial charge is 0.418 e. The van der Waals surface area contributed by atoms with Crippen molar-refractivity contribution >= 4 is 11.4 Å². The molecule has 0 saturated heterocycles. The maximum absolute atomic E-state index is 12.8. The number of halogens is 3. The first-order valence-electron chi connectivity index (χ1n) is 7.13. The zero-order valence-electron chi connectivity index (χ0n) is 11.6. The van der Waals surface area contributed by atoms with Crippen molar-refractivity contribution in [2.24, 2.45) is 5.92 Å². The molecule has 1 aromatic rings. The molecule has 3 N–H and O–H groups in total. The van der Waals surface area contributed by atoms with Crippen molar-refractivity contribution in [1.29, 1.82) is 0 Å². The van der Waals surface area contributed by atoms with Crippen molar-refractivity contribution in [2.45, 2.75) is 51.2 Å². The molecule has 1 saturated carbocycles. The number of anilines is 2. The second-order valence-electron chi connectivity index (χ2n) is 5.58. The molecule has 2 unspecified atom stereocenters. The van der Waals surface area contributed by atoms with E-state index in [0.29, 0.717) is 11.6 Å². The van der Waals surface area contributed by atoms with Gasteiger partial charge >= 0.3 is 6.18 Å². The monoisotopic (exact) mass is 286 g/mol. The highest BCUT2D eigenvalue weighted by atomic mass is 19.4. The molecule has 2 nitrogen and oxygen atoms in total. The average Bonchev–Trinajstić information content (AvgIpc) is 2.40. The third-order valence-corrected chi connectivity index (χ3v) is 4.09. The number of benzene rings is 1. The summed E-state index contributed by atoms with van der Waals surface area (Å²) in [4.78, 5) is 0. The third kappa shape index (κ3) is 3.58. The van der Waals surface area contributed by atoms with E-state index in [4.69, 9.17) is 5.73 Å². The molecule has 1 aromatic carbocycles. The van der Waals surface area contributed by atoms with E-state index in [2.05, 4.69) is 12.2 Å². The highest BCUT2D eigenvalue weighted by molar-refractivity contribution is 5.58. The Morgan fingerprint density at radius 2 is 2.05 bits per heavy atom. The van der Waals surface area contributed by atoms with Crippen LogP contribution in [0.2, 0.25) is 0 Å². The molecule has 2 rings (SSSR count). The predicted octanol–water partition coefficient (Wildman–Crippen LogP) is 4.67. The summed E-state index contributed by atoms with van der Waals surface area (Å²) in [6.45, 7) is 2.16. The Morgan fingerprint density at radius 1 is 1.30 bits per heavy atom. The number of rotatable bonds is 3. The molecule has 0 aliphatic heterocycles. The van der Waals surface area contributed by atoms with Gasteiger partial charge in [-0.25, -0.2) is 0 Å². The average molecular weight is 286 g/mol. The van der Waals surface area contributed by atoms with E-state index in [1.807, 2.05) is 0 Å². The van der Waals surface area contributed by atoms with Gasteiger partial charge in [0.15, 0.2) is 0 Å². The fraction of sp³-hybridized carbons (Fsp3) is 0.600. The fourth-order valence-electron chi connectivity index (χ4n) is 2.92. The lowest BCUT2D eigenvalue weighted by Gasteiger charge is -2.30. The maximum Gasteiger partial charge on any atom is 0.418 e. The van der Waals surface area contributed by atoms with Gasteiger partial charge in [-0.1, -0.05) is 26.2 Å². The minimum atomic E-state index is -4.40. The Labute approximate surface area is 117 Å². The van der Waals surface area contributed by atoms with Gasteiger partial charge in [0.25, 0.3) is 0 Å². The third-order valence-electron chi connectivity index (χ3n) is 4.09. The van der Waals surface area contributed by atoms with E-state index in [1.165, 1.54) is 12.5 Å². The Bertz CT molecular complexity index is 457. The SMILES string of the molecule is CCC1CCCC(Nc2ccc(N)c(C(F)(F)F)c2)C1. The minimum absolute atomic E-state index is 0.224. The quantitative estimate of drug-likeness (QED) is 0.792. The second-order valence-corrected chi connectivity index (χ2v) is 5.58. The zero-order valence-corrected chi connectivity index (χ0v) is 11.6. The standard InChI is InChI=1S/C15H21F3N2/c1-2-10-4-3-5-11(8-10)20-12-6-7-14(19)13(9-12)15(16,17)18/h6-7,9-11,20H,2-5,8,19H2,1H3. The topological polar surface area (TPSA) is 38.0 Å². The molecule has 20 heavy (non-hydrogen) atoms. The molecule has 0 radical (unpaired) electrons. The van der Waals surface area contributed by atoms with Crippen LogP contribution in [0.25, 0.3) is 0 Å². The van der Waals surface area contributed by atoms with Crippen LogP contribution in [0.1, 0.15) is 44.6 Å². The molecule has 0 spiro atoms. The van der Waals surface area contributed by atoms with Crippen LogP contribution in [0.3, 0.4) is 0 Å². The first-order valence-corrected chi connectivity index (χ1v) is 7.13. The van der Waals surface area contributed by atoms with E-state index >= 15 is 0 Å². The van der Waals surface area contributed by atoms with Crippen molar-refractivity contribution < 1.29 is 13.2 Å². The summed E-state index contributed by atoms with van der Waals surface area (Å²) in [5.41, 5.74) is 4.93. The lowest BCUT2D eigenvalue weighted by atomic mass is 9.84. The Hall–Kier alpha value is -1.39. The zero-order chi connectivity index (χ0) is 14.8. The van der Waals surface area contributed by atoms with Crippen molar-refractivity contribution in [3.63, 3.8) is 0 Å². The number of hydrogen-bond donors (Lipinski definition) is 2. The molecule has 1 aliphatic rings. The van der Waals surface area contributed by atoms with Crippen molar-refractivity contribution in [1.82, 2.24) is 0 Å². The molecule has 5 heteroatoms. The van der Waals surface area contributed by atoms with Gasteiger partial charge in [-0.05, 0) is 37.0 Å². The van der Waals surface area contributed by atoms with E-state index in [1.54, 1.807) is 6.07 Å². The summed E-state index contributed by atoms with van der Waals surface area (Å²) in [7, 11) is 0. The van der Waals surface area contributed by atoms with E-state index < -0.39 is 11.7 Å². The van der Waals surface area contributed by atoms with Gasteiger partial charge in [0, 0.05) is 17.4 Å². The lowest BCUT2D eigenvalue weighted by Crippen LogP contribution is -2.27. The summed E-state index contributed by atoms with van der Waals surface area (Å²) in [6, 6.07) is 4.33. The molecular weight excluding hydrogens is 265 g/mol. The van der Waals surface area contributed by atoms with Crippen LogP contribution in [0, 0.1) is 5.92 Å². The van der Waals surface area contributed by atoms with E-state index in [0.717, 1.165) is 31.7 Å². The molecule has 112 valence electrons. The predicted molar refractivity (Wildman–Crippen MR) is 75.5 cm³/mol. The molecule has 0 amide bonds. The van der Waals surface area contributed by atoms with Crippen LogP contribution in [-0.4, -0.2) is 6.04 Å². The normalized spacial score (nSPS) is 23.6. The minimum Gasteiger partial charge on any atom is -0.398 e. The van der Waals surface area contributed by atoms with Gasteiger partial charge in [-0.2, -0.15) is 13.2 Å². The number of alkyl halides is 3. The van der Waals surface area contributed by atoms with Crippen LogP contribution in [0.15, 0.2) is 18.2 Å². The summed E-state index contributed by atoms with van der Waals surface area (Å²) in [6.07, 6.45) is 1.14. The smallest absolute Gasteiger partial charge is 0.398 e. The first kappa shape index (κ1) is 15.0. The maximum atomic E-state index is 12.8. The number of nitrogens with one attached hydrogen (secondary N) is 1. The van der Waals surface area contributed by atoms with Crippen LogP contribution >= 0.6 is 0 Å². The molecule has 0 aromatic heterocycles. The fourth-order valence-corrected chi connectivity index (χ4v) is 2.92. The Morgan fingerprint density at radius 3 is 2.70 bits per heavy atom. The van der Waals surface area contributed by atoms with E-state index in [-0.39, 0.29) is 11.7 Å². The molecular formula is C15H21F3N2. The summed E-state index contributed by atoms with van der Waals surface area (Å²) >= 11 is 0. The Kier molecular flexibility index (Phi) is 4.45. The first-order chi connectivity index (χ1) is 9.40. The summed E-state index contributed by atoms with van der Waals surface area (Å²) in [5.74, 6) is 0.678. The summed E-state index contributed by atoms with van der Waals surface area (Å²) < 4.78 is 38.4. The van der Waals surface area contributed by atoms with Gasteiger partial charge in [-0.15, -0.1) is 0 Å². The van der Waals surface area contributed by atoms with Crippen LogP contribution in [-0.2, 0) is 6.18 Å². The molecule has 1 aliphatic carbocycles. The van der Waals surface area contributed by atoms with Crippen molar-refractivity contribution in [2.75, 3.05) is 11.1 Å². The molecule has 1 fully saturated rings. The molecule has 0 bridgehead atoms. The number of nitrogens with two attached hydrogens (primary N) is 1. The van der Waals surface area contributed by atoms with Gasteiger partial charge in [0.1, 0.15) is 0 Å². The molecule has 2 atom stereocenters. The number of hydrogen-bond acceptors (Lipinski definition) is 2. The van der Waals surface area contributed by atoms with E-state index in [9.17, 15) is 13.2 Å². The summed E-state index contributed by atoms with van der Waals surface area (Å²) in [5, 5.41) is 3.23. The van der Waals surface area contributed by atoms with Gasteiger partial charge in [0.05, 0.1) is 5.56 Å².